The van der Waals surface area contributed by atoms with E-state index in [1.54, 1.807) is 25.1 Å². The van der Waals surface area contributed by atoms with Crippen LogP contribution in [0.1, 0.15) is 39.7 Å². The summed E-state index contributed by atoms with van der Waals surface area (Å²) in [5.41, 5.74) is -0.926. The lowest BCUT2D eigenvalue weighted by Crippen LogP contribution is -2.41. The molecule has 1 aromatic rings. The lowest BCUT2D eigenvalue weighted by Gasteiger charge is -2.28. The minimum absolute atomic E-state index is 0.129. The highest BCUT2D eigenvalue weighted by atomic mass is 32.2. The zero-order chi connectivity index (χ0) is 25.1. The molecular formula is C21H31NO10S. The molecule has 0 radical (unpaired) electrons. The minimum Gasteiger partial charge on any atom is -0.459 e. The average Bonchev–Trinajstić information content (AvgIpc) is 2.74. The second-order valence-electron chi connectivity index (χ2n) is 7.75. The van der Waals surface area contributed by atoms with E-state index in [9.17, 15) is 27.9 Å². The standard InChI is InChI=1S/C21H31NO10S/c1-5-29-20(26)32-17-10-7-6-9-16(17)13-30-19(25)18(24)21(3,4)14-31-33(27,28)12-8-11-22-15(2)23/h6-7,9-10,18,24H,5,8,11-14H2,1-4H3,(H,22,23)/t18-/m0/s1. The summed E-state index contributed by atoms with van der Waals surface area (Å²) in [5.74, 6) is -1.48. The molecule has 1 rings (SSSR count). The first-order valence-corrected chi connectivity index (χ1v) is 11.8. The van der Waals surface area contributed by atoms with E-state index in [1.165, 1.54) is 26.8 Å². The Morgan fingerprint density at radius 1 is 1.15 bits per heavy atom. The van der Waals surface area contributed by atoms with Crippen LogP contribution in [0, 0.1) is 5.41 Å². The van der Waals surface area contributed by atoms with Crippen molar-refractivity contribution in [1.29, 1.82) is 0 Å². The maximum atomic E-state index is 12.3. The summed E-state index contributed by atoms with van der Waals surface area (Å²) >= 11 is 0. The van der Waals surface area contributed by atoms with Gasteiger partial charge in [0.2, 0.25) is 5.91 Å². The van der Waals surface area contributed by atoms with Crippen LogP contribution in [0.5, 0.6) is 5.75 Å². The molecule has 0 aliphatic heterocycles. The Balaban J connectivity index is 2.62. The average molecular weight is 490 g/mol. The third kappa shape index (κ3) is 10.6. The first-order valence-electron chi connectivity index (χ1n) is 10.3. The molecule has 0 heterocycles. The van der Waals surface area contributed by atoms with Crippen LogP contribution < -0.4 is 10.1 Å². The van der Waals surface area contributed by atoms with Gasteiger partial charge in [-0.05, 0) is 19.4 Å². The van der Waals surface area contributed by atoms with E-state index in [-0.39, 0.29) is 43.6 Å². The highest BCUT2D eigenvalue weighted by molar-refractivity contribution is 7.86. The van der Waals surface area contributed by atoms with Crippen LogP contribution >= 0.6 is 0 Å². The first-order chi connectivity index (χ1) is 15.4. The largest absolute Gasteiger partial charge is 0.513 e. The Hall–Kier alpha value is -2.70. The zero-order valence-corrected chi connectivity index (χ0v) is 20.0. The van der Waals surface area contributed by atoms with Gasteiger partial charge >= 0.3 is 12.1 Å². The predicted molar refractivity (Wildman–Crippen MR) is 117 cm³/mol. The van der Waals surface area contributed by atoms with Gasteiger partial charge in [-0.25, -0.2) is 9.59 Å². The molecule has 2 N–H and O–H groups in total. The fourth-order valence-corrected chi connectivity index (χ4v) is 3.50. The number of aliphatic hydroxyl groups excluding tert-OH is 1. The summed E-state index contributed by atoms with van der Waals surface area (Å²) < 4.78 is 43.9. The second-order valence-corrected chi connectivity index (χ2v) is 9.51. The highest BCUT2D eigenvalue weighted by Gasteiger charge is 2.36. The van der Waals surface area contributed by atoms with E-state index < -0.39 is 40.4 Å². The number of hydrogen-bond acceptors (Lipinski definition) is 10. The van der Waals surface area contributed by atoms with Crippen molar-refractivity contribution in [2.45, 2.75) is 46.8 Å². The Bertz CT molecular complexity index is 913. The van der Waals surface area contributed by atoms with Crippen LogP contribution in [0.2, 0.25) is 0 Å². The molecule has 1 amide bonds. The molecule has 0 bridgehead atoms. The van der Waals surface area contributed by atoms with Gasteiger partial charge in [0.1, 0.15) is 12.4 Å². The molecule has 0 unspecified atom stereocenters. The minimum atomic E-state index is -3.92. The van der Waals surface area contributed by atoms with Gasteiger partial charge in [-0.3, -0.25) is 8.98 Å². The smallest absolute Gasteiger partial charge is 0.459 e. The summed E-state index contributed by atoms with van der Waals surface area (Å²) in [6.45, 7) is 5.38. The second kappa shape index (κ2) is 13.1. The Kier molecular flexibility index (Phi) is 11.3. The molecule has 12 heteroatoms. The summed E-state index contributed by atoms with van der Waals surface area (Å²) in [4.78, 5) is 34.7. The van der Waals surface area contributed by atoms with Crippen molar-refractivity contribution in [3.05, 3.63) is 29.8 Å². The van der Waals surface area contributed by atoms with Gasteiger partial charge < -0.3 is 24.6 Å². The summed E-state index contributed by atoms with van der Waals surface area (Å²) in [7, 11) is -3.92. The molecule has 11 nitrogen and oxygen atoms in total. The zero-order valence-electron chi connectivity index (χ0n) is 19.2. The van der Waals surface area contributed by atoms with Gasteiger partial charge in [0.25, 0.3) is 10.1 Å². The Morgan fingerprint density at radius 2 is 1.82 bits per heavy atom. The number of rotatable bonds is 13. The highest BCUT2D eigenvalue weighted by Crippen LogP contribution is 2.25. The van der Waals surface area contributed by atoms with E-state index >= 15 is 0 Å². The molecule has 186 valence electrons. The van der Waals surface area contributed by atoms with Crippen LogP contribution in [0.25, 0.3) is 0 Å². The van der Waals surface area contributed by atoms with Crippen LogP contribution in [-0.2, 0) is 40.0 Å². The molecule has 0 spiro atoms. The van der Waals surface area contributed by atoms with Gasteiger partial charge in [0.15, 0.2) is 6.10 Å². The number of carbonyl (C=O) groups is 3. The number of ether oxygens (including phenoxy) is 3. The number of carbonyl (C=O) groups excluding carboxylic acids is 3. The Labute approximate surface area is 193 Å². The molecule has 0 saturated heterocycles. The number of hydrogen-bond donors (Lipinski definition) is 2. The molecule has 0 fully saturated rings. The van der Waals surface area contributed by atoms with E-state index in [0.29, 0.717) is 5.56 Å². The lowest BCUT2D eigenvalue weighted by molar-refractivity contribution is -0.162. The SMILES string of the molecule is CCOC(=O)Oc1ccccc1COC(=O)[C@H](O)C(C)(C)COS(=O)(=O)CCCNC(C)=O. The summed E-state index contributed by atoms with van der Waals surface area (Å²) in [6, 6.07) is 6.32. The number of amides is 1. The van der Waals surface area contributed by atoms with Crippen molar-refractivity contribution in [3.63, 3.8) is 0 Å². The van der Waals surface area contributed by atoms with Gasteiger partial charge in [-0.2, -0.15) is 8.42 Å². The normalized spacial score (nSPS) is 12.5. The Morgan fingerprint density at radius 3 is 2.45 bits per heavy atom. The lowest BCUT2D eigenvalue weighted by atomic mass is 9.88. The molecule has 0 saturated carbocycles. The molecule has 1 aromatic carbocycles. The topological polar surface area (TPSA) is 155 Å². The van der Waals surface area contributed by atoms with E-state index in [4.69, 9.17) is 18.4 Å². The quantitative estimate of drug-likeness (QED) is 0.180. The van der Waals surface area contributed by atoms with E-state index in [2.05, 4.69) is 5.32 Å². The van der Waals surface area contributed by atoms with Crippen molar-refractivity contribution in [2.24, 2.45) is 5.41 Å². The number of nitrogens with one attached hydrogen (secondary N) is 1. The molecule has 1 atom stereocenters. The van der Waals surface area contributed by atoms with Crippen molar-refractivity contribution in [1.82, 2.24) is 5.32 Å². The van der Waals surface area contributed by atoms with Crippen molar-refractivity contribution in [2.75, 3.05) is 25.5 Å². The van der Waals surface area contributed by atoms with Gasteiger partial charge in [0, 0.05) is 24.4 Å². The van der Waals surface area contributed by atoms with Crippen molar-refractivity contribution in [3.8, 4) is 5.75 Å². The van der Waals surface area contributed by atoms with Crippen molar-refractivity contribution < 1.29 is 46.3 Å². The monoisotopic (exact) mass is 489 g/mol. The van der Waals surface area contributed by atoms with Crippen LogP contribution in [0.3, 0.4) is 0 Å². The first kappa shape index (κ1) is 28.3. The summed E-state index contributed by atoms with van der Waals surface area (Å²) in [5, 5.41) is 12.9. The summed E-state index contributed by atoms with van der Waals surface area (Å²) in [6.07, 6.45) is -2.45. The molecule has 0 aliphatic carbocycles. The maximum Gasteiger partial charge on any atom is 0.513 e. The van der Waals surface area contributed by atoms with Crippen LogP contribution in [0.4, 0.5) is 4.79 Å². The maximum absolute atomic E-state index is 12.3. The predicted octanol–water partition coefficient (Wildman–Crippen LogP) is 1.52. The number of esters is 1. The van der Waals surface area contributed by atoms with Gasteiger partial charge in [0.05, 0.1) is 19.0 Å². The van der Waals surface area contributed by atoms with Crippen LogP contribution in [-0.4, -0.2) is 63.2 Å². The fourth-order valence-electron chi connectivity index (χ4n) is 2.40. The van der Waals surface area contributed by atoms with E-state index in [1.807, 2.05) is 0 Å². The number of para-hydroxylation sites is 1. The molecular weight excluding hydrogens is 458 g/mol. The number of benzene rings is 1. The van der Waals surface area contributed by atoms with Crippen molar-refractivity contribution >= 4 is 28.1 Å². The third-order valence-corrected chi connectivity index (χ3v) is 5.58. The van der Waals surface area contributed by atoms with E-state index in [0.717, 1.165) is 0 Å². The third-order valence-electron chi connectivity index (χ3n) is 4.32. The van der Waals surface area contributed by atoms with Gasteiger partial charge in [-0.1, -0.05) is 32.0 Å². The molecule has 0 aliphatic rings. The van der Waals surface area contributed by atoms with Crippen LogP contribution in [0.15, 0.2) is 24.3 Å². The molecule has 33 heavy (non-hydrogen) atoms. The number of aliphatic hydroxyl groups is 1. The fraction of sp³-hybridized carbons (Fsp3) is 0.571. The van der Waals surface area contributed by atoms with Gasteiger partial charge in [-0.15, -0.1) is 0 Å². The molecule has 0 aromatic heterocycles.